The van der Waals surface area contributed by atoms with Gasteiger partial charge in [0.1, 0.15) is 6.54 Å². The van der Waals surface area contributed by atoms with E-state index in [4.69, 9.17) is 4.52 Å². The highest BCUT2D eigenvalue weighted by molar-refractivity contribution is 5.80. The summed E-state index contributed by atoms with van der Waals surface area (Å²) in [5, 5.41) is 13.7. The summed E-state index contributed by atoms with van der Waals surface area (Å²) in [6, 6.07) is 2.31. The number of carbonyl (C=O) groups is 1. The molecule has 1 aliphatic rings. The highest BCUT2D eigenvalue weighted by Crippen LogP contribution is 2.10. The summed E-state index contributed by atoms with van der Waals surface area (Å²) < 4.78 is 5.30. The van der Waals surface area contributed by atoms with Gasteiger partial charge >= 0.3 is 0 Å². The van der Waals surface area contributed by atoms with Crippen molar-refractivity contribution < 1.29 is 9.32 Å². The van der Waals surface area contributed by atoms with Gasteiger partial charge in [-0.15, -0.1) is 0 Å². The maximum absolute atomic E-state index is 11.8. The maximum Gasteiger partial charge on any atom is 0.234 e. The van der Waals surface area contributed by atoms with Gasteiger partial charge in [0.15, 0.2) is 11.7 Å². The third-order valence-corrected chi connectivity index (χ3v) is 4.58. The molecule has 3 N–H and O–H groups in total. The molecule has 2 heterocycles. The van der Waals surface area contributed by atoms with Crippen LogP contribution >= 0.6 is 0 Å². The summed E-state index contributed by atoms with van der Waals surface area (Å²) in [5.41, 5.74) is 0.952. The van der Waals surface area contributed by atoms with Gasteiger partial charge < -0.3 is 20.5 Å². The zero-order chi connectivity index (χ0) is 19.5. The Morgan fingerprint density at radius 3 is 2.70 bits per heavy atom. The average Bonchev–Trinajstić information content (AvgIpc) is 3.14. The lowest BCUT2D eigenvalue weighted by Crippen LogP contribution is -2.50. The lowest BCUT2D eigenvalue weighted by molar-refractivity contribution is -0.122. The molecular formula is C19H34N6O2. The van der Waals surface area contributed by atoms with Crippen molar-refractivity contribution in [1.82, 2.24) is 26.0 Å². The van der Waals surface area contributed by atoms with Gasteiger partial charge in [0.25, 0.3) is 0 Å². The van der Waals surface area contributed by atoms with E-state index in [0.29, 0.717) is 19.1 Å². The number of piperidine rings is 1. The second-order valence-corrected chi connectivity index (χ2v) is 6.88. The summed E-state index contributed by atoms with van der Waals surface area (Å²) in [5.74, 6) is 1.69. The number of rotatable bonds is 9. The molecule has 0 aromatic carbocycles. The topological polar surface area (TPSA) is 94.8 Å². The predicted molar refractivity (Wildman–Crippen MR) is 107 cm³/mol. The molecular weight excluding hydrogens is 344 g/mol. The van der Waals surface area contributed by atoms with Crippen LogP contribution in [0.3, 0.4) is 0 Å². The fourth-order valence-corrected chi connectivity index (χ4v) is 3.03. The summed E-state index contributed by atoms with van der Waals surface area (Å²) in [4.78, 5) is 18.7. The number of hydrogen-bond donors (Lipinski definition) is 3. The molecule has 0 unspecified atom stereocenters. The first-order valence-corrected chi connectivity index (χ1v) is 10.1. The van der Waals surface area contributed by atoms with E-state index in [1.807, 2.05) is 6.07 Å². The van der Waals surface area contributed by atoms with E-state index in [2.05, 4.69) is 51.8 Å². The van der Waals surface area contributed by atoms with Crippen molar-refractivity contribution in [1.29, 1.82) is 0 Å². The van der Waals surface area contributed by atoms with Crippen molar-refractivity contribution in [2.24, 2.45) is 4.99 Å². The first-order chi connectivity index (χ1) is 13.1. The summed E-state index contributed by atoms with van der Waals surface area (Å²) >= 11 is 0. The highest BCUT2D eigenvalue weighted by Gasteiger charge is 2.21. The van der Waals surface area contributed by atoms with Crippen molar-refractivity contribution >= 4 is 11.9 Å². The van der Waals surface area contributed by atoms with E-state index in [-0.39, 0.29) is 5.91 Å². The van der Waals surface area contributed by atoms with Gasteiger partial charge in [-0.2, -0.15) is 0 Å². The van der Waals surface area contributed by atoms with Crippen LogP contribution in [0.25, 0.3) is 0 Å². The molecule has 1 aromatic heterocycles. The van der Waals surface area contributed by atoms with E-state index >= 15 is 0 Å². The number of aryl methyl sites for hydroxylation is 1. The minimum absolute atomic E-state index is 0.122. The molecule has 1 amide bonds. The smallest absolute Gasteiger partial charge is 0.234 e. The Hall–Kier alpha value is -2.09. The Balaban J connectivity index is 1.78. The molecule has 1 aromatic rings. The number of likely N-dealkylation sites (tertiary alicyclic amines) is 1. The van der Waals surface area contributed by atoms with E-state index in [1.165, 1.54) is 0 Å². The van der Waals surface area contributed by atoms with Gasteiger partial charge in [-0.05, 0) is 32.6 Å². The van der Waals surface area contributed by atoms with E-state index < -0.39 is 0 Å². The molecule has 2 rings (SSSR count). The standard InChI is InChI=1S/C19H34N6O2/c1-4-9-21-18(26)14-25-10-7-16(8-11-25)23-19(20-6-3)22-13-17-12-15(5-2)24-27-17/h12,16H,4-11,13-14H2,1-3H3,(H,21,26)(H2,20,22,23). The van der Waals surface area contributed by atoms with Crippen LogP contribution in [0.1, 0.15) is 51.5 Å². The third-order valence-electron chi connectivity index (χ3n) is 4.58. The molecule has 27 heavy (non-hydrogen) atoms. The number of aromatic nitrogens is 1. The number of guanidine groups is 1. The zero-order valence-electron chi connectivity index (χ0n) is 16.9. The zero-order valence-corrected chi connectivity index (χ0v) is 16.9. The molecule has 0 aliphatic carbocycles. The van der Waals surface area contributed by atoms with Crippen molar-refractivity contribution in [3.05, 3.63) is 17.5 Å². The van der Waals surface area contributed by atoms with Crippen LogP contribution in [0.15, 0.2) is 15.6 Å². The predicted octanol–water partition coefficient (Wildman–Crippen LogP) is 1.28. The number of nitrogens with one attached hydrogen (secondary N) is 3. The van der Waals surface area contributed by atoms with Crippen LogP contribution in [0, 0.1) is 0 Å². The largest absolute Gasteiger partial charge is 0.359 e. The number of hydrogen-bond acceptors (Lipinski definition) is 5. The fraction of sp³-hybridized carbons (Fsp3) is 0.737. The quantitative estimate of drug-likeness (QED) is 0.443. The molecule has 0 saturated carbocycles. The van der Waals surface area contributed by atoms with Crippen molar-refractivity contribution in [2.45, 2.75) is 59.0 Å². The lowest BCUT2D eigenvalue weighted by Gasteiger charge is -2.32. The molecule has 0 radical (unpaired) electrons. The SMILES string of the molecule is CCCNC(=O)CN1CCC(NC(=NCc2cc(CC)no2)NCC)CC1. The Morgan fingerprint density at radius 1 is 1.30 bits per heavy atom. The van der Waals surface area contributed by atoms with E-state index in [1.54, 1.807) is 0 Å². The van der Waals surface area contributed by atoms with Gasteiger partial charge in [-0.25, -0.2) is 4.99 Å². The molecule has 152 valence electrons. The fourth-order valence-electron chi connectivity index (χ4n) is 3.03. The maximum atomic E-state index is 11.8. The average molecular weight is 379 g/mol. The van der Waals surface area contributed by atoms with Gasteiger partial charge in [-0.1, -0.05) is 19.0 Å². The molecule has 0 spiro atoms. The minimum atomic E-state index is 0.122. The Morgan fingerprint density at radius 2 is 2.07 bits per heavy atom. The lowest BCUT2D eigenvalue weighted by atomic mass is 10.1. The number of aliphatic imine (C=N–C) groups is 1. The van der Waals surface area contributed by atoms with Crippen LogP contribution < -0.4 is 16.0 Å². The highest BCUT2D eigenvalue weighted by atomic mass is 16.5. The second-order valence-electron chi connectivity index (χ2n) is 6.88. The molecule has 8 nitrogen and oxygen atoms in total. The summed E-state index contributed by atoms with van der Waals surface area (Å²) in [7, 11) is 0. The van der Waals surface area contributed by atoms with Crippen LogP contribution in [0.4, 0.5) is 0 Å². The second kappa shape index (κ2) is 11.6. The van der Waals surface area contributed by atoms with Crippen molar-refractivity contribution in [3.8, 4) is 0 Å². The molecule has 1 saturated heterocycles. The van der Waals surface area contributed by atoms with Crippen molar-refractivity contribution in [2.75, 3.05) is 32.7 Å². The monoisotopic (exact) mass is 378 g/mol. The Bertz CT molecular complexity index is 593. The number of nitrogens with zero attached hydrogens (tertiary/aromatic N) is 3. The molecule has 0 bridgehead atoms. The number of amides is 1. The van der Waals surface area contributed by atoms with Gasteiger partial charge in [0.2, 0.25) is 5.91 Å². The Labute approximate surface area is 162 Å². The van der Waals surface area contributed by atoms with Crippen LogP contribution in [0.2, 0.25) is 0 Å². The molecule has 0 atom stereocenters. The minimum Gasteiger partial charge on any atom is -0.359 e. The summed E-state index contributed by atoms with van der Waals surface area (Å²) in [6.45, 7) is 10.5. The first-order valence-electron chi connectivity index (χ1n) is 10.1. The van der Waals surface area contributed by atoms with Crippen LogP contribution in [0.5, 0.6) is 0 Å². The van der Waals surface area contributed by atoms with Gasteiger partial charge in [-0.3, -0.25) is 9.69 Å². The molecule has 1 fully saturated rings. The van der Waals surface area contributed by atoms with Crippen LogP contribution in [-0.2, 0) is 17.8 Å². The third kappa shape index (κ3) is 7.58. The summed E-state index contributed by atoms with van der Waals surface area (Å²) in [6.07, 6.45) is 3.82. The van der Waals surface area contributed by atoms with Gasteiger partial charge in [0, 0.05) is 38.3 Å². The van der Waals surface area contributed by atoms with Crippen molar-refractivity contribution in [3.63, 3.8) is 0 Å². The molecule has 8 heteroatoms. The van der Waals surface area contributed by atoms with E-state index in [0.717, 1.165) is 69.3 Å². The molecule has 1 aliphatic heterocycles. The van der Waals surface area contributed by atoms with E-state index in [9.17, 15) is 4.79 Å². The normalized spacial score (nSPS) is 16.3. The number of carbonyl (C=O) groups excluding carboxylic acids is 1. The van der Waals surface area contributed by atoms with Gasteiger partial charge in [0.05, 0.1) is 12.2 Å². The Kier molecular flexibility index (Phi) is 9.10. The van der Waals surface area contributed by atoms with Crippen LogP contribution in [-0.4, -0.2) is 60.7 Å². The first kappa shape index (κ1) is 21.2.